The maximum atomic E-state index is 11.2. The zero-order valence-corrected chi connectivity index (χ0v) is 12.1. The normalized spacial score (nSPS) is 41.7. The Labute approximate surface area is 115 Å². The quantitative estimate of drug-likeness (QED) is 0.838. The van der Waals surface area contributed by atoms with Gasteiger partial charge in [-0.2, -0.15) is 0 Å². The Morgan fingerprint density at radius 2 is 2.00 bits per heavy atom. The lowest BCUT2D eigenvalue weighted by Crippen LogP contribution is -2.57. The largest absolute Gasteiger partial charge is 0.481 e. The van der Waals surface area contributed by atoms with Crippen LogP contribution in [0.2, 0.25) is 0 Å². The van der Waals surface area contributed by atoms with Crippen LogP contribution in [-0.2, 0) is 4.79 Å². The van der Waals surface area contributed by atoms with Gasteiger partial charge in [0.25, 0.3) is 0 Å². The highest BCUT2D eigenvalue weighted by atomic mass is 16.4. The van der Waals surface area contributed by atoms with Gasteiger partial charge in [-0.3, -0.25) is 14.6 Å². The smallest absolute Gasteiger partial charge is 0.304 e. The summed E-state index contributed by atoms with van der Waals surface area (Å²) in [5.74, 6) is 1.56. The summed E-state index contributed by atoms with van der Waals surface area (Å²) in [7, 11) is 0. The molecule has 3 atom stereocenters. The average Bonchev–Trinajstić information content (AvgIpc) is 2.70. The van der Waals surface area contributed by atoms with Crippen molar-refractivity contribution in [1.29, 1.82) is 0 Å². The Bertz CT molecular complexity index is 350. The van der Waals surface area contributed by atoms with Crippen molar-refractivity contribution in [3.8, 4) is 0 Å². The molecule has 108 valence electrons. The molecule has 0 aromatic rings. The number of likely N-dealkylation sites (tertiary alicyclic amines) is 1. The van der Waals surface area contributed by atoms with Crippen molar-refractivity contribution in [3.05, 3.63) is 0 Å². The molecule has 4 aliphatic heterocycles. The van der Waals surface area contributed by atoms with Crippen LogP contribution in [0.25, 0.3) is 0 Å². The standard InChI is InChI=1S/C15H26N2O2/c1-10(2)8-17-9-12-11-3-5-16(6-4-11)15(12)13(17)7-14(18)19/h10-13,15H,3-9H2,1-2H3,(H,18,19). The summed E-state index contributed by atoms with van der Waals surface area (Å²) in [6, 6.07) is 0.760. The molecule has 0 saturated carbocycles. The SMILES string of the molecule is CC(C)CN1CC2C3CCN(CC3)C2C1CC(=O)O. The number of carbonyl (C=O) groups is 1. The highest BCUT2D eigenvalue weighted by Crippen LogP contribution is 2.44. The fourth-order valence-corrected chi connectivity index (χ4v) is 4.71. The van der Waals surface area contributed by atoms with Crippen LogP contribution in [0.1, 0.15) is 33.1 Å². The molecular formula is C15H26N2O2. The van der Waals surface area contributed by atoms with Crippen LogP contribution in [0.15, 0.2) is 0 Å². The van der Waals surface area contributed by atoms with Gasteiger partial charge in [-0.15, -0.1) is 0 Å². The predicted octanol–water partition coefficient (Wildman–Crippen LogP) is 1.51. The van der Waals surface area contributed by atoms with E-state index in [1.807, 2.05) is 0 Å². The molecule has 0 radical (unpaired) electrons. The van der Waals surface area contributed by atoms with E-state index in [0.29, 0.717) is 18.4 Å². The summed E-state index contributed by atoms with van der Waals surface area (Å²) in [5.41, 5.74) is 0. The minimum atomic E-state index is -0.637. The Kier molecular flexibility index (Phi) is 3.56. The maximum absolute atomic E-state index is 11.2. The van der Waals surface area contributed by atoms with E-state index in [1.54, 1.807) is 0 Å². The Morgan fingerprint density at radius 1 is 1.32 bits per heavy atom. The van der Waals surface area contributed by atoms with E-state index in [-0.39, 0.29) is 6.04 Å². The van der Waals surface area contributed by atoms with E-state index in [9.17, 15) is 9.90 Å². The van der Waals surface area contributed by atoms with Crippen molar-refractivity contribution in [2.45, 2.75) is 45.2 Å². The first-order chi connectivity index (χ1) is 9.06. The molecule has 4 nitrogen and oxygen atoms in total. The van der Waals surface area contributed by atoms with Gasteiger partial charge in [0, 0.05) is 25.2 Å². The van der Waals surface area contributed by atoms with Crippen molar-refractivity contribution in [3.63, 3.8) is 0 Å². The van der Waals surface area contributed by atoms with Crippen LogP contribution in [0.4, 0.5) is 0 Å². The van der Waals surface area contributed by atoms with E-state index in [1.165, 1.54) is 25.9 Å². The van der Waals surface area contributed by atoms with E-state index in [0.717, 1.165) is 24.9 Å². The van der Waals surface area contributed by atoms with Gasteiger partial charge < -0.3 is 5.11 Å². The second-order valence-corrected chi connectivity index (χ2v) is 7.04. The molecule has 1 N–H and O–H groups in total. The van der Waals surface area contributed by atoms with Crippen LogP contribution >= 0.6 is 0 Å². The number of aliphatic carboxylic acids is 1. The molecule has 19 heavy (non-hydrogen) atoms. The topological polar surface area (TPSA) is 43.8 Å². The molecule has 3 unspecified atom stereocenters. The maximum Gasteiger partial charge on any atom is 0.304 e. The third kappa shape index (κ3) is 2.40. The van der Waals surface area contributed by atoms with Crippen LogP contribution in [0.3, 0.4) is 0 Å². The van der Waals surface area contributed by atoms with Crippen molar-refractivity contribution in [1.82, 2.24) is 9.80 Å². The van der Waals surface area contributed by atoms with Gasteiger partial charge >= 0.3 is 5.97 Å². The molecule has 0 spiro atoms. The summed E-state index contributed by atoms with van der Waals surface area (Å²) < 4.78 is 0. The van der Waals surface area contributed by atoms with Gasteiger partial charge in [-0.05, 0) is 43.7 Å². The third-order valence-electron chi connectivity index (χ3n) is 5.33. The van der Waals surface area contributed by atoms with Crippen molar-refractivity contribution < 1.29 is 9.90 Å². The predicted molar refractivity (Wildman–Crippen MR) is 74.0 cm³/mol. The first kappa shape index (κ1) is 13.4. The van der Waals surface area contributed by atoms with Gasteiger partial charge in [0.1, 0.15) is 0 Å². The third-order valence-corrected chi connectivity index (χ3v) is 5.33. The van der Waals surface area contributed by atoms with E-state index < -0.39 is 5.97 Å². The fourth-order valence-electron chi connectivity index (χ4n) is 4.71. The fraction of sp³-hybridized carbons (Fsp3) is 0.933. The van der Waals surface area contributed by atoms with Crippen LogP contribution in [0, 0.1) is 17.8 Å². The Hall–Kier alpha value is -0.610. The molecule has 0 aromatic heterocycles. The summed E-state index contributed by atoms with van der Waals surface area (Å²) in [4.78, 5) is 16.3. The highest BCUT2D eigenvalue weighted by Gasteiger charge is 2.52. The minimum absolute atomic E-state index is 0.244. The molecule has 4 heterocycles. The second kappa shape index (κ2) is 5.06. The molecule has 4 heteroatoms. The first-order valence-electron chi connectivity index (χ1n) is 7.76. The number of hydrogen-bond donors (Lipinski definition) is 1. The highest BCUT2D eigenvalue weighted by molar-refractivity contribution is 5.67. The molecule has 4 aliphatic rings. The minimum Gasteiger partial charge on any atom is -0.481 e. The zero-order chi connectivity index (χ0) is 13.6. The van der Waals surface area contributed by atoms with Crippen molar-refractivity contribution in [2.75, 3.05) is 26.2 Å². The molecule has 2 bridgehead atoms. The van der Waals surface area contributed by atoms with Gasteiger partial charge in [-0.1, -0.05) is 13.8 Å². The number of carboxylic acid groups (broad SMARTS) is 1. The van der Waals surface area contributed by atoms with Crippen LogP contribution in [-0.4, -0.2) is 59.1 Å². The van der Waals surface area contributed by atoms with E-state index in [4.69, 9.17) is 0 Å². The lowest BCUT2D eigenvalue weighted by Gasteiger charge is -2.49. The van der Waals surface area contributed by atoms with Crippen LogP contribution < -0.4 is 0 Å². The monoisotopic (exact) mass is 266 g/mol. The summed E-state index contributed by atoms with van der Waals surface area (Å²) in [6.45, 7) is 9.02. The van der Waals surface area contributed by atoms with Crippen molar-refractivity contribution in [2.24, 2.45) is 17.8 Å². The van der Waals surface area contributed by atoms with E-state index in [2.05, 4.69) is 23.6 Å². The Balaban J connectivity index is 1.80. The number of nitrogens with zero attached hydrogens (tertiary/aromatic N) is 2. The molecule has 4 rings (SSSR count). The van der Waals surface area contributed by atoms with Gasteiger partial charge in [-0.25, -0.2) is 0 Å². The summed E-state index contributed by atoms with van der Waals surface area (Å²) >= 11 is 0. The summed E-state index contributed by atoms with van der Waals surface area (Å²) in [6.07, 6.45) is 2.98. The van der Waals surface area contributed by atoms with Gasteiger partial charge in [0.05, 0.1) is 6.42 Å². The zero-order valence-electron chi connectivity index (χ0n) is 12.1. The molecule has 0 amide bonds. The first-order valence-corrected chi connectivity index (χ1v) is 7.76. The molecule has 0 aromatic carbocycles. The van der Waals surface area contributed by atoms with Crippen molar-refractivity contribution >= 4 is 5.97 Å². The van der Waals surface area contributed by atoms with Gasteiger partial charge in [0.15, 0.2) is 0 Å². The molecule has 4 fully saturated rings. The number of piperidine rings is 3. The molecule has 0 aliphatic carbocycles. The molecule has 4 saturated heterocycles. The lowest BCUT2D eigenvalue weighted by atomic mass is 9.73. The van der Waals surface area contributed by atoms with Crippen LogP contribution in [0.5, 0.6) is 0 Å². The van der Waals surface area contributed by atoms with Gasteiger partial charge in [0.2, 0.25) is 0 Å². The number of hydrogen-bond acceptors (Lipinski definition) is 3. The Morgan fingerprint density at radius 3 is 2.58 bits per heavy atom. The summed E-state index contributed by atoms with van der Waals surface area (Å²) in [5, 5.41) is 9.24. The number of rotatable bonds is 4. The second-order valence-electron chi connectivity index (χ2n) is 7.04. The number of fused-ring (bicyclic) bond motifs is 2. The average molecular weight is 266 g/mol. The number of carboxylic acids is 1. The van der Waals surface area contributed by atoms with E-state index >= 15 is 0 Å². The molecular weight excluding hydrogens is 240 g/mol. The lowest BCUT2D eigenvalue weighted by molar-refractivity contribution is -0.139.